The van der Waals surface area contributed by atoms with Crippen molar-refractivity contribution in [2.24, 2.45) is 5.92 Å². The normalized spacial score (nSPS) is 25.0. The van der Waals surface area contributed by atoms with E-state index in [1.807, 2.05) is 0 Å². The Morgan fingerprint density at radius 1 is 1.26 bits per heavy atom. The molecule has 0 aromatic heterocycles. The minimum atomic E-state index is -3.08. The molecule has 1 aliphatic carbocycles. The molecule has 2 aliphatic rings. The summed E-state index contributed by atoms with van der Waals surface area (Å²) in [6, 6.07) is 0.0835. The summed E-state index contributed by atoms with van der Waals surface area (Å²) in [7, 11) is -3.08. The van der Waals surface area contributed by atoms with Gasteiger partial charge in [0.05, 0.1) is 24.0 Å². The first kappa shape index (κ1) is 14.3. The topological polar surface area (TPSA) is 80.8 Å². The molecule has 1 heterocycles. The number of carbonyl (C=O) groups is 2. The van der Waals surface area contributed by atoms with Crippen molar-refractivity contribution in [2.75, 3.05) is 24.7 Å². The summed E-state index contributed by atoms with van der Waals surface area (Å²) in [5.41, 5.74) is 0. The molecule has 1 saturated carbocycles. The standard InChI is InChI=1S/C12H19NO5S/c1-2-18-11(14)7-13(10-3-4-10)12(15)9-5-6-19(16,17)8-9/h9-10H,2-8H2,1H3. The molecule has 6 nitrogen and oxygen atoms in total. The van der Waals surface area contributed by atoms with Gasteiger partial charge in [-0.05, 0) is 26.2 Å². The second-order valence-electron chi connectivity index (χ2n) is 5.10. The van der Waals surface area contributed by atoms with E-state index in [0.717, 1.165) is 12.8 Å². The number of hydrogen-bond donors (Lipinski definition) is 0. The van der Waals surface area contributed by atoms with Gasteiger partial charge in [-0.2, -0.15) is 0 Å². The number of rotatable bonds is 5. The van der Waals surface area contributed by atoms with Crippen LogP contribution >= 0.6 is 0 Å². The van der Waals surface area contributed by atoms with E-state index >= 15 is 0 Å². The van der Waals surface area contributed by atoms with E-state index < -0.39 is 21.7 Å². The van der Waals surface area contributed by atoms with Gasteiger partial charge in [-0.25, -0.2) is 8.42 Å². The van der Waals surface area contributed by atoms with Crippen LogP contribution < -0.4 is 0 Å². The number of esters is 1. The van der Waals surface area contributed by atoms with Crippen molar-refractivity contribution in [3.05, 3.63) is 0 Å². The first-order valence-corrected chi connectivity index (χ1v) is 8.41. The molecule has 19 heavy (non-hydrogen) atoms. The quantitative estimate of drug-likeness (QED) is 0.664. The van der Waals surface area contributed by atoms with Gasteiger partial charge in [-0.3, -0.25) is 9.59 Å². The molecular weight excluding hydrogens is 270 g/mol. The molecule has 1 saturated heterocycles. The summed E-state index contributed by atoms with van der Waals surface area (Å²) in [5, 5.41) is 0. The van der Waals surface area contributed by atoms with Crippen molar-refractivity contribution >= 4 is 21.7 Å². The van der Waals surface area contributed by atoms with Crippen LogP contribution in [0.15, 0.2) is 0 Å². The summed E-state index contributed by atoms with van der Waals surface area (Å²) in [6.45, 7) is 1.93. The highest BCUT2D eigenvalue weighted by Gasteiger charge is 2.41. The number of carbonyl (C=O) groups excluding carboxylic acids is 2. The van der Waals surface area contributed by atoms with Crippen LogP contribution in [0.3, 0.4) is 0 Å². The molecule has 1 aliphatic heterocycles. The van der Waals surface area contributed by atoms with Gasteiger partial charge in [0.2, 0.25) is 5.91 Å². The highest BCUT2D eigenvalue weighted by molar-refractivity contribution is 7.91. The van der Waals surface area contributed by atoms with Gasteiger partial charge in [0.15, 0.2) is 9.84 Å². The van der Waals surface area contributed by atoms with Gasteiger partial charge < -0.3 is 9.64 Å². The van der Waals surface area contributed by atoms with Crippen LogP contribution in [0.4, 0.5) is 0 Å². The average Bonchev–Trinajstić information content (AvgIpc) is 3.10. The average molecular weight is 289 g/mol. The second-order valence-corrected chi connectivity index (χ2v) is 7.33. The number of amides is 1. The minimum absolute atomic E-state index is 0.0616. The van der Waals surface area contributed by atoms with Crippen LogP contribution in [-0.2, 0) is 24.2 Å². The molecule has 0 N–H and O–H groups in total. The van der Waals surface area contributed by atoms with E-state index in [-0.39, 0.29) is 36.6 Å². The Bertz CT molecular complexity index is 469. The third-order valence-corrected chi connectivity index (χ3v) is 5.23. The molecule has 0 aromatic carbocycles. The van der Waals surface area contributed by atoms with Crippen LogP contribution in [0.2, 0.25) is 0 Å². The van der Waals surface area contributed by atoms with E-state index in [9.17, 15) is 18.0 Å². The summed E-state index contributed by atoms with van der Waals surface area (Å²) in [4.78, 5) is 25.3. The molecular formula is C12H19NO5S. The fraction of sp³-hybridized carbons (Fsp3) is 0.833. The summed E-state index contributed by atoms with van der Waals surface area (Å²) in [5.74, 6) is -1.14. The largest absolute Gasteiger partial charge is 0.465 e. The maximum atomic E-state index is 12.3. The Kier molecular flexibility index (Phi) is 4.13. The van der Waals surface area contributed by atoms with E-state index in [1.54, 1.807) is 6.92 Å². The van der Waals surface area contributed by atoms with Gasteiger partial charge in [0.25, 0.3) is 0 Å². The minimum Gasteiger partial charge on any atom is -0.465 e. The van der Waals surface area contributed by atoms with Gasteiger partial charge >= 0.3 is 5.97 Å². The van der Waals surface area contributed by atoms with Gasteiger partial charge in [0, 0.05) is 6.04 Å². The lowest BCUT2D eigenvalue weighted by Crippen LogP contribution is -2.42. The van der Waals surface area contributed by atoms with Crippen molar-refractivity contribution < 1.29 is 22.7 Å². The first-order chi connectivity index (χ1) is 8.93. The van der Waals surface area contributed by atoms with Crippen molar-refractivity contribution in [3.63, 3.8) is 0 Å². The van der Waals surface area contributed by atoms with Crippen molar-refractivity contribution in [3.8, 4) is 0 Å². The van der Waals surface area contributed by atoms with E-state index in [0.29, 0.717) is 6.42 Å². The Labute approximate surface area is 113 Å². The molecule has 0 radical (unpaired) electrons. The highest BCUT2D eigenvalue weighted by atomic mass is 32.2. The number of sulfone groups is 1. The predicted molar refractivity (Wildman–Crippen MR) is 68.1 cm³/mol. The fourth-order valence-corrected chi connectivity index (χ4v) is 4.08. The number of ether oxygens (including phenoxy) is 1. The molecule has 1 amide bonds. The maximum absolute atomic E-state index is 12.3. The molecule has 0 spiro atoms. The predicted octanol–water partition coefficient (Wildman–Crippen LogP) is -0.0248. The first-order valence-electron chi connectivity index (χ1n) is 6.59. The smallest absolute Gasteiger partial charge is 0.325 e. The monoisotopic (exact) mass is 289 g/mol. The molecule has 0 aromatic rings. The van der Waals surface area contributed by atoms with E-state index in [4.69, 9.17) is 4.74 Å². The van der Waals surface area contributed by atoms with Crippen LogP contribution in [0.5, 0.6) is 0 Å². The molecule has 1 atom stereocenters. The molecule has 108 valence electrons. The summed E-state index contributed by atoms with van der Waals surface area (Å²) < 4.78 is 27.7. The summed E-state index contributed by atoms with van der Waals surface area (Å²) in [6.07, 6.45) is 2.13. The zero-order valence-corrected chi connectivity index (χ0v) is 11.8. The second kappa shape index (κ2) is 5.48. The Hall–Kier alpha value is -1.11. The van der Waals surface area contributed by atoms with Crippen molar-refractivity contribution in [1.29, 1.82) is 0 Å². The SMILES string of the molecule is CCOC(=O)CN(C(=O)C1CCS(=O)(=O)C1)C1CC1. The third kappa shape index (κ3) is 3.68. The van der Waals surface area contributed by atoms with Crippen LogP contribution in [0, 0.1) is 5.92 Å². The Morgan fingerprint density at radius 2 is 1.95 bits per heavy atom. The zero-order valence-electron chi connectivity index (χ0n) is 11.0. The third-order valence-electron chi connectivity index (χ3n) is 3.46. The lowest BCUT2D eigenvalue weighted by molar-refractivity contribution is -0.150. The molecule has 7 heteroatoms. The van der Waals surface area contributed by atoms with Crippen LogP contribution in [-0.4, -0.2) is 55.9 Å². The highest BCUT2D eigenvalue weighted by Crippen LogP contribution is 2.30. The van der Waals surface area contributed by atoms with E-state index in [2.05, 4.69) is 0 Å². The van der Waals surface area contributed by atoms with Gasteiger partial charge in [0.1, 0.15) is 6.54 Å². The van der Waals surface area contributed by atoms with Crippen LogP contribution in [0.25, 0.3) is 0 Å². The molecule has 2 fully saturated rings. The van der Waals surface area contributed by atoms with Crippen molar-refractivity contribution in [1.82, 2.24) is 4.90 Å². The van der Waals surface area contributed by atoms with Gasteiger partial charge in [-0.1, -0.05) is 0 Å². The molecule has 0 bridgehead atoms. The summed E-state index contributed by atoms with van der Waals surface area (Å²) >= 11 is 0. The maximum Gasteiger partial charge on any atom is 0.325 e. The lowest BCUT2D eigenvalue weighted by atomic mass is 10.1. The lowest BCUT2D eigenvalue weighted by Gasteiger charge is -2.24. The van der Waals surface area contributed by atoms with Gasteiger partial charge in [-0.15, -0.1) is 0 Å². The number of nitrogens with zero attached hydrogens (tertiary/aromatic N) is 1. The van der Waals surface area contributed by atoms with Crippen LogP contribution in [0.1, 0.15) is 26.2 Å². The number of hydrogen-bond acceptors (Lipinski definition) is 5. The molecule has 2 rings (SSSR count). The van der Waals surface area contributed by atoms with E-state index in [1.165, 1.54) is 4.90 Å². The Morgan fingerprint density at radius 3 is 2.42 bits per heavy atom. The fourth-order valence-electron chi connectivity index (χ4n) is 2.34. The Balaban J connectivity index is 1.99. The molecule has 1 unspecified atom stereocenters. The van der Waals surface area contributed by atoms with Crippen molar-refractivity contribution in [2.45, 2.75) is 32.2 Å². The zero-order chi connectivity index (χ0) is 14.0.